The molecule has 1 aliphatic heterocycles. The lowest BCUT2D eigenvalue weighted by molar-refractivity contribution is -0.159. The molecular formula is C8H9BrF4O4. The predicted octanol–water partition coefficient (Wildman–Crippen LogP) is 2.55. The summed E-state index contributed by atoms with van der Waals surface area (Å²) in [6.45, 7) is -0.790. The van der Waals surface area contributed by atoms with Gasteiger partial charge in [0.05, 0.1) is 13.2 Å². The smallest absolute Gasteiger partial charge is 0.430 e. The van der Waals surface area contributed by atoms with E-state index in [0.29, 0.717) is 0 Å². The van der Waals surface area contributed by atoms with Gasteiger partial charge in [0.25, 0.3) is 0 Å². The number of rotatable bonds is 6. The van der Waals surface area contributed by atoms with Crippen LogP contribution in [0.4, 0.5) is 22.4 Å². The van der Waals surface area contributed by atoms with Gasteiger partial charge in [-0.25, -0.2) is 4.79 Å². The Morgan fingerprint density at radius 1 is 1.41 bits per heavy atom. The highest BCUT2D eigenvalue weighted by atomic mass is 79.9. The molecule has 1 rings (SSSR count). The van der Waals surface area contributed by atoms with Crippen LogP contribution in [0.1, 0.15) is 6.42 Å². The number of halogens is 5. The minimum absolute atomic E-state index is 0.0379. The van der Waals surface area contributed by atoms with Crippen LogP contribution in [0.15, 0.2) is 0 Å². The summed E-state index contributed by atoms with van der Waals surface area (Å²) in [5, 5.41) is 0. The van der Waals surface area contributed by atoms with E-state index in [1.807, 2.05) is 0 Å². The molecule has 1 aliphatic rings. The SMILES string of the molecule is O=C1OCC(COCCC(F)(F)C(F)(F)Br)O1. The molecule has 1 heterocycles. The Morgan fingerprint density at radius 2 is 2.06 bits per heavy atom. The summed E-state index contributed by atoms with van der Waals surface area (Å²) in [5.41, 5.74) is 0. The summed E-state index contributed by atoms with van der Waals surface area (Å²) in [6.07, 6.45) is -2.69. The van der Waals surface area contributed by atoms with Crippen LogP contribution in [-0.4, -0.2) is 42.8 Å². The van der Waals surface area contributed by atoms with Gasteiger partial charge >= 0.3 is 16.9 Å². The number of alkyl halides is 5. The van der Waals surface area contributed by atoms with Crippen LogP contribution in [0.2, 0.25) is 0 Å². The molecule has 9 heteroatoms. The maximum Gasteiger partial charge on any atom is 0.508 e. The van der Waals surface area contributed by atoms with Gasteiger partial charge in [0, 0.05) is 6.42 Å². The molecule has 4 nitrogen and oxygen atoms in total. The second-order valence-corrected chi connectivity index (χ2v) is 4.32. The molecule has 17 heavy (non-hydrogen) atoms. The van der Waals surface area contributed by atoms with E-state index >= 15 is 0 Å². The number of hydrogen-bond donors (Lipinski definition) is 0. The summed E-state index contributed by atoms with van der Waals surface area (Å²) in [7, 11) is 0. The third-order valence-corrected chi connectivity index (χ3v) is 2.51. The first-order valence-corrected chi connectivity index (χ1v) is 5.37. The van der Waals surface area contributed by atoms with E-state index < -0.39 is 36.0 Å². The van der Waals surface area contributed by atoms with E-state index in [9.17, 15) is 22.4 Å². The minimum atomic E-state index is -4.27. The summed E-state index contributed by atoms with van der Waals surface area (Å²) in [5.74, 6) is -4.20. The van der Waals surface area contributed by atoms with E-state index in [2.05, 4.69) is 9.47 Å². The fourth-order valence-electron chi connectivity index (χ4n) is 1.00. The Kier molecular flexibility index (Phi) is 4.59. The molecule has 0 aromatic carbocycles. The number of hydrogen-bond acceptors (Lipinski definition) is 4. The average Bonchev–Trinajstić information content (AvgIpc) is 2.57. The van der Waals surface area contributed by atoms with Crippen molar-refractivity contribution >= 4 is 22.1 Å². The average molecular weight is 325 g/mol. The summed E-state index contributed by atoms with van der Waals surface area (Å²) >= 11 is 1.60. The lowest BCUT2D eigenvalue weighted by Crippen LogP contribution is -2.36. The number of cyclic esters (lactones) is 2. The van der Waals surface area contributed by atoms with Crippen molar-refractivity contribution in [1.29, 1.82) is 0 Å². The van der Waals surface area contributed by atoms with Crippen molar-refractivity contribution in [3.63, 3.8) is 0 Å². The van der Waals surface area contributed by atoms with Gasteiger partial charge in [-0.2, -0.15) is 17.6 Å². The Hall–Kier alpha value is -0.570. The van der Waals surface area contributed by atoms with Gasteiger partial charge in [-0.1, -0.05) is 0 Å². The van der Waals surface area contributed by atoms with E-state index in [1.54, 1.807) is 15.9 Å². The van der Waals surface area contributed by atoms with Crippen LogP contribution >= 0.6 is 15.9 Å². The number of carbonyl (C=O) groups excluding carboxylic acids is 1. The van der Waals surface area contributed by atoms with Crippen LogP contribution in [0.3, 0.4) is 0 Å². The van der Waals surface area contributed by atoms with Crippen molar-refractivity contribution in [2.75, 3.05) is 19.8 Å². The van der Waals surface area contributed by atoms with Crippen molar-refractivity contribution in [3.05, 3.63) is 0 Å². The highest BCUT2D eigenvalue weighted by molar-refractivity contribution is 9.10. The first kappa shape index (κ1) is 14.5. The van der Waals surface area contributed by atoms with Gasteiger partial charge in [0.2, 0.25) is 0 Å². The van der Waals surface area contributed by atoms with E-state index in [4.69, 9.17) is 4.74 Å². The normalized spacial score (nSPS) is 21.2. The predicted molar refractivity (Wildman–Crippen MR) is 50.5 cm³/mol. The topological polar surface area (TPSA) is 44.8 Å². The molecule has 0 aromatic rings. The maximum atomic E-state index is 12.7. The molecule has 1 atom stereocenters. The Morgan fingerprint density at radius 3 is 2.53 bits per heavy atom. The van der Waals surface area contributed by atoms with Crippen molar-refractivity contribution in [2.24, 2.45) is 0 Å². The monoisotopic (exact) mass is 324 g/mol. The Bertz CT molecular complexity index is 281. The summed E-state index contributed by atoms with van der Waals surface area (Å²) in [4.78, 5) is 6.18. The van der Waals surface area contributed by atoms with Gasteiger partial charge in [0.1, 0.15) is 6.61 Å². The largest absolute Gasteiger partial charge is 0.508 e. The molecule has 0 N–H and O–H groups in total. The zero-order chi connectivity index (χ0) is 13.1. The summed E-state index contributed by atoms with van der Waals surface area (Å²) < 4.78 is 63.7. The molecular weight excluding hydrogens is 316 g/mol. The van der Waals surface area contributed by atoms with Crippen molar-refractivity contribution < 1.29 is 36.6 Å². The Balaban J connectivity index is 2.18. The highest BCUT2D eigenvalue weighted by Gasteiger charge is 2.53. The van der Waals surface area contributed by atoms with E-state index in [1.165, 1.54) is 0 Å². The van der Waals surface area contributed by atoms with Crippen LogP contribution in [-0.2, 0) is 14.2 Å². The van der Waals surface area contributed by atoms with Crippen molar-refractivity contribution in [1.82, 2.24) is 0 Å². The maximum absolute atomic E-state index is 12.7. The van der Waals surface area contributed by atoms with Crippen LogP contribution in [0.25, 0.3) is 0 Å². The quantitative estimate of drug-likeness (QED) is 0.326. The Labute approximate surface area is 102 Å². The van der Waals surface area contributed by atoms with Crippen LogP contribution < -0.4 is 0 Å². The van der Waals surface area contributed by atoms with Gasteiger partial charge < -0.3 is 14.2 Å². The fraction of sp³-hybridized carbons (Fsp3) is 0.875. The lowest BCUT2D eigenvalue weighted by atomic mass is 10.2. The third-order valence-electron chi connectivity index (χ3n) is 1.93. The zero-order valence-corrected chi connectivity index (χ0v) is 10.0. The molecule has 0 spiro atoms. The molecule has 0 amide bonds. The highest BCUT2D eigenvalue weighted by Crippen LogP contribution is 2.41. The first-order chi connectivity index (χ1) is 7.72. The molecule has 0 bridgehead atoms. The molecule has 0 aromatic heterocycles. The van der Waals surface area contributed by atoms with Crippen molar-refractivity contribution in [2.45, 2.75) is 23.3 Å². The second-order valence-electron chi connectivity index (χ2n) is 3.33. The number of carbonyl (C=O) groups is 1. The van der Waals surface area contributed by atoms with Crippen molar-refractivity contribution in [3.8, 4) is 0 Å². The van der Waals surface area contributed by atoms with Gasteiger partial charge in [-0.3, -0.25) is 0 Å². The van der Waals surface area contributed by atoms with E-state index in [0.717, 1.165) is 0 Å². The van der Waals surface area contributed by atoms with Crippen LogP contribution in [0.5, 0.6) is 0 Å². The molecule has 100 valence electrons. The second kappa shape index (κ2) is 5.38. The first-order valence-electron chi connectivity index (χ1n) is 4.58. The zero-order valence-electron chi connectivity index (χ0n) is 8.43. The third kappa shape index (κ3) is 4.30. The van der Waals surface area contributed by atoms with Gasteiger partial charge in [-0.05, 0) is 15.9 Å². The summed E-state index contributed by atoms with van der Waals surface area (Å²) in [6, 6.07) is 0. The standard InChI is InChI=1S/C8H9BrF4O4/c9-8(12,13)7(10,11)1-2-15-3-5-4-16-6(14)17-5/h5H,1-4H2. The molecule has 0 saturated carbocycles. The lowest BCUT2D eigenvalue weighted by Gasteiger charge is -2.21. The minimum Gasteiger partial charge on any atom is -0.430 e. The molecule has 1 unspecified atom stereocenters. The van der Waals surface area contributed by atoms with Crippen LogP contribution in [0, 0.1) is 0 Å². The molecule has 1 saturated heterocycles. The van der Waals surface area contributed by atoms with E-state index in [-0.39, 0.29) is 13.2 Å². The molecule has 0 aliphatic carbocycles. The van der Waals surface area contributed by atoms with Gasteiger partial charge in [0.15, 0.2) is 6.10 Å². The fourth-order valence-corrected chi connectivity index (χ4v) is 1.20. The molecule has 1 fully saturated rings. The number of ether oxygens (including phenoxy) is 3. The van der Waals surface area contributed by atoms with Gasteiger partial charge in [-0.15, -0.1) is 0 Å². The molecule has 0 radical (unpaired) electrons.